The lowest BCUT2D eigenvalue weighted by Crippen LogP contribution is -2.11. The standard InChI is InChI=1S/C12H15N3O4/c1-18-10(16)6-8-3-4-9(5-8)15-7-13-11(14-15)12(17)19-2/h3-4,7-9H,5-6H2,1-2H3/t8-,9+/m1/s1. The van der Waals surface area contributed by atoms with Crippen molar-refractivity contribution in [2.45, 2.75) is 18.9 Å². The van der Waals surface area contributed by atoms with Gasteiger partial charge in [0.15, 0.2) is 0 Å². The van der Waals surface area contributed by atoms with Crippen molar-refractivity contribution in [2.75, 3.05) is 14.2 Å². The Kier molecular flexibility index (Phi) is 3.94. The van der Waals surface area contributed by atoms with Crippen LogP contribution in [0.1, 0.15) is 29.5 Å². The molecule has 0 fully saturated rings. The molecule has 1 heterocycles. The van der Waals surface area contributed by atoms with Gasteiger partial charge >= 0.3 is 11.9 Å². The fourth-order valence-corrected chi connectivity index (χ4v) is 2.02. The average Bonchev–Trinajstić information content (AvgIpc) is 3.05. The number of aromatic nitrogens is 3. The highest BCUT2D eigenvalue weighted by molar-refractivity contribution is 5.84. The molecule has 0 N–H and O–H groups in total. The maximum Gasteiger partial charge on any atom is 0.377 e. The molecule has 2 rings (SSSR count). The number of ether oxygens (including phenoxy) is 2. The molecule has 0 saturated heterocycles. The first-order valence-corrected chi connectivity index (χ1v) is 5.88. The van der Waals surface area contributed by atoms with Gasteiger partial charge in [0.05, 0.1) is 26.7 Å². The number of esters is 2. The molecule has 2 atom stereocenters. The summed E-state index contributed by atoms with van der Waals surface area (Å²) in [5, 5.41) is 4.06. The van der Waals surface area contributed by atoms with Crippen LogP contribution in [0.3, 0.4) is 0 Å². The van der Waals surface area contributed by atoms with E-state index in [0.29, 0.717) is 6.42 Å². The highest BCUT2D eigenvalue weighted by Gasteiger charge is 2.24. The van der Waals surface area contributed by atoms with Crippen molar-refractivity contribution in [1.82, 2.24) is 14.8 Å². The first-order valence-electron chi connectivity index (χ1n) is 5.88. The van der Waals surface area contributed by atoms with Gasteiger partial charge in [0.2, 0.25) is 0 Å². The van der Waals surface area contributed by atoms with E-state index in [4.69, 9.17) is 0 Å². The Morgan fingerprint density at radius 3 is 2.84 bits per heavy atom. The van der Waals surface area contributed by atoms with E-state index in [1.807, 2.05) is 12.2 Å². The van der Waals surface area contributed by atoms with Crippen molar-refractivity contribution in [3.05, 3.63) is 24.3 Å². The predicted octanol–water partition coefficient (Wildman–Crippen LogP) is 0.745. The van der Waals surface area contributed by atoms with Crippen molar-refractivity contribution < 1.29 is 19.1 Å². The lowest BCUT2D eigenvalue weighted by molar-refractivity contribution is -0.141. The van der Waals surface area contributed by atoms with Crippen LogP contribution >= 0.6 is 0 Å². The summed E-state index contributed by atoms with van der Waals surface area (Å²) >= 11 is 0. The molecule has 0 bridgehead atoms. The first kappa shape index (κ1) is 13.3. The van der Waals surface area contributed by atoms with E-state index in [1.54, 1.807) is 4.68 Å². The van der Waals surface area contributed by atoms with Gasteiger partial charge in [-0.25, -0.2) is 14.5 Å². The largest absolute Gasteiger partial charge is 0.469 e. The van der Waals surface area contributed by atoms with E-state index < -0.39 is 5.97 Å². The topological polar surface area (TPSA) is 83.3 Å². The van der Waals surface area contributed by atoms with Gasteiger partial charge in [0.1, 0.15) is 6.33 Å². The molecule has 0 amide bonds. The first-order chi connectivity index (χ1) is 9.13. The van der Waals surface area contributed by atoms with E-state index >= 15 is 0 Å². The predicted molar refractivity (Wildman–Crippen MR) is 64.3 cm³/mol. The van der Waals surface area contributed by atoms with Crippen LogP contribution in [0.25, 0.3) is 0 Å². The van der Waals surface area contributed by atoms with E-state index in [0.717, 1.165) is 6.42 Å². The molecule has 102 valence electrons. The molecule has 0 aliphatic heterocycles. The van der Waals surface area contributed by atoms with Gasteiger partial charge in [0, 0.05) is 0 Å². The highest BCUT2D eigenvalue weighted by Crippen LogP contribution is 2.29. The van der Waals surface area contributed by atoms with Crippen LogP contribution in [0.15, 0.2) is 18.5 Å². The second-order valence-electron chi connectivity index (χ2n) is 4.27. The Labute approximate surface area is 110 Å². The Morgan fingerprint density at radius 2 is 2.16 bits per heavy atom. The molecule has 0 aromatic carbocycles. The smallest absolute Gasteiger partial charge is 0.377 e. The number of hydrogen-bond donors (Lipinski definition) is 0. The van der Waals surface area contributed by atoms with Gasteiger partial charge in [-0.3, -0.25) is 4.79 Å². The molecular formula is C12H15N3O4. The molecule has 7 nitrogen and oxygen atoms in total. The molecule has 0 spiro atoms. The number of allylic oxidation sites excluding steroid dienone is 2. The summed E-state index contributed by atoms with van der Waals surface area (Å²) in [5.41, 5.74) is 0. The minimum Gasteiger partial charge on any atom is -0.469 e. The van der Waals surface area contributed by atoms with Gasteiger partial charge in [-0.2, -0.15) is 0 Å². The van der Waals surface area contributed by atoms with Gasteiger partial charge in [-0.15, -0.1) is 5.10 Å². The summed E-state index contributed by atoms with van der Waals surface area (Å²) in [7, 11) is 2.66. The molecule has 1 aliphatic rings. The van der Waals surface area contributed by atoms with E-state index in [2.05, 4.69) is 19.6 Å². The SMILES string of the molecule is COC(=O)C[C@@H]1C=C[C@H](n2cnc(C(=O)OC)n2)C1. The van der Waals surface area contributed by atoms with Crippen molar-refractivity contribution in [2.24, 2.45) is 5.92 Å². The minimum absolute atomic E-state index is 0.000521. The van der Waals surface area contributed by atoms with Crippen LogP contribution in [-0.2, 0) is 14.3 Å². The second kappa shape index (κ2) is 5.64. The molecule has 19 heavy (non-hydrogen) atoms. The number of hydrogen-bond acceptors (Lipinski definition) is 6. The third-order valence-corrected chi connectivity index (χ3v) is 3.02. The monoisotopic (exact) mass is 265 g/mol. The van der Waals surface area contributed by atoms with Crippen molar-refractivity contribution >= 4 is 11.9 Å². The van der Waals surface area contributed by atoms with Gasteiger partial charge in [0.25, 0.3) is 5.82 Å². The van der Waals surface area contributed by atoms with E-state index in [9.17, 15) is 9.59 Å². The summed E-state index contributed by atoms with van der Waals surface area (Å²) in [5.74, 6) is -0.633. The molecule has 0 radical (unpaired) electrons. The molecule has 1 aromatic rings. The summed E-state index contributed by atoms with van der Waals surface area (Å²) in [6.07, 6.45) is 6.48. The van der Waals surface area contributed by atoms with Gasteiger partial charge < -0.3 is 9.47 Å². The van der Waals surface area contributed by atoms with Crippen molar-refractivity contribution in [3.63, 3.8) is 0 Å². The molecular weight excluding hydrogens is 250 g/mol. The second-order valence-corrected chi connectivity index (χ2v) is 4.27. The third-order valence-electron chi connectivity index (χ3n) is 3.02. The zero-order valence-corrected chi connectivity index (χ0v) is 10.8. The average molecular weight is 265 g/mol. The quantitative estimate of drug-likeness (QED) is 0.590. The summed E-state index contributed by atoms with van der Waals surface area (Å²) in [4.78, 5) is 26.3. The zero-order valence-electron chi connectivity index (χ0n) is 10.8. The van der Waals surface area contributed by atoms with E-state index in [-0.39, 0.29) is 23.8 Å². The van der Waals surface area contributed by atoms with Crippen molar-refractivity contribution in [3.8, 4) is 0 Å². The summed E-state index contributed by atoms with van der Waals surface area (Å²) in [6, 6.07) is 0.000521. The molecule has 0 saturated carbocycles. The Hall–Kier alpha value is -2.18. The lowest BCUT2D eigenvalue weighted by atomic mass is 10.0. The molecule has 0 unspecified atom stereocenters. The van der Waals surface area contributed by atoms with Gasteiger partial charge in [-0.1, -0.05) is 12.2 Å². The maximum absolute atomic E-state index is 11.3. The number of carbonyl (C=O) groups excluding carboxylic acids is 2. The molecule has 1 aromatic heterocycles. The number of rotatable bonds is 4. The maximum atomic E-state index is 11.3. The molecule has 1 aliphatic carbocycles. The van der Waals surface area contributed by atoms with E-state index in [1.165, 1.54) is 20.5 Å². The lowest BCUT2D eigenvalue weighted by Gasteiger charge is -2.10. The number of methoxy groups -OCH3 is 2. The Bertz CT molecular complexity index is 509. The van der Waals surface area contributed by atoms with Crippen molar-refractivity contribution in [1.29, 1.82) is 0 Å². The summed E-state index contributed by atoms with van der Waals surface area (Å²) in [6.45, 7) is 0. The molecule has 7 heteroatoms. The van der Waals surface area contributed by atoms with Crippen LogP contribution in [0, 0.1) is 5.92 Å². The summed E-state index contributed by atoms with van der Waals surface area (Å²) < 4.78 is 10.8. The van der Waals surface area contributed by atoms with Gasteiger partial charge in [-0.05, 0) is 12.3 Å². The Morgan fingerprint density at radius 1 is 1.37 bits per heavy atom. The number of carbonyl (C=O) groups is 2. The number of nitrogens with zero attached hydrogens (tertiary/aromatic N) is 3. The highest BCUT2D eigenvalue weighted by atomic mass is 16.5. The van der Waals surface area contributed by atoms with Crippen LogP contribution in [0.2, 0.25) is 0 Å². The zero-order chi connectivity index (χ0) is 13.8. The fraction of sp³-hybridized carbons (Fsp3) is 0.500. The minimum atomic E-state index is -0.563. The van der Waals surface area contributed by atoms with Crippen LogP contribution in [-0.4, -0.2) is 40.9 Å². The van der Waals surface area contributed by atoms with Crippen LogP contribution in [0.4, 0.5) is 0 Å². The Balaban J connectivity index is 1.98. The van der Waals surface area contributed by atoms with Crippen LogP contribution < -0.4 is 0 Å². The third kappa shape index (κ3) is 2.98. The van der Waals surface area contributed by atoms with Crippen LogP contribution in [0.5, 0.6) is 0 Å². The fourth-order valence-electron chi connectivity index (χ4n) is 2.02. The normalized spacial score (nSPS) is 21.4.